The number of fused-ring (bicyclic) bond motifs is 10. The molecule has 0 spiro atoms. The molecule has 2 aliphatic carbocycles. The molecule has 19 nitrogen and oxygen atoms in total. The molecule has 2 atom stereocenters. The first kappa shape index (κ1) is 112. The molecule has 758 valence electrons. The Morgan fingerprint density at radius 2 is 1.10 bits per heavy atom. The van der Waals surface area contributed by atoms with Crippen LogP contribution in [0.4, 0.5) is 34.1 Å². The molecule has 0 fully saturated rings. The van der Waals surface area contributed by atoms with Crippen LogP contribution in [-0.2, 0) is 73.0 Å². The van der Waals surface area contributed by atoms with E-state index in [0.717, 1.165) is 145 Å². The molecule has 6 heterocycles. The molecule has 8 aromatic carbocycles. The molecule has 144 heavy (non-hydrogen) atoms. The number of nitrogens with one attached hydrogen (secondary N) is 1. The van der Waals surface area contributed by atoms with Crippen LogP contribution in [0, 0.1) is 6.92 Å². The van der Waals surface area contributed by atoms with Gasteiger partial charge in [-0.1, -0.05) is 242 Å². The fraction of sp³-hybridized carbons (Fsp3) is 0.395. The first-order valence-corrected chi connectivity index (χ1v) is 57.2. The van der Waals surface area contributed by atoms with Crippen LogP contribution < -0.4 is 54.3 Å². The average molecular weight is 2050 g/mol. The van der Waals surface area contributed by atoms with Gasteiger partial charge in [-0.05, 0) is 253 Å². The van der Waals surface area contributed by atoms with Gasteiger partial charge in [0.15, 0.2) is 11.4 Å². The zero-order valence-electron chi connectivity index (χ0n) is 86.8. The minimum absolute atomic E-state index is 0. The first-order chi connectivity index (χ1) is 67.6. The third-order valence-electron chi connectivity index (χ3n) is 30.3. The molecule has 16 rings (SSSR count). The van der Waals surface area contributed by atoms with Crippen LogP contribution >= 0.6 is 11.6 Å². The topological polar surface area (TPSA) is 269 Å². The van der Waals surface area contributed by atoms with Crippen LogP contribution in [0.3, 0.4) is 0 Å². The maximum atomic E-state index is 11.9. The van der Waals surface area contributed by atoms with Crippen LogP contribution in [0.5, 0.6) is 0 Å². The third-order valence-corrected chi connectivity index (χ3v) is 34.0. The predicted molar refractivity (Wildman–Crippen MR) is 582 cm³/mol. The van der Waals surface area contributed by atoms with Crippen molar-refractivity contribution in [1.29, 1.82) is 0 Å². The number of anilines is 3. The number of allylic oxidation sites excluding steroid dienone is 24. The number of rotatable bonds is 34. The van der Waals surface area contributed by atoms with Crippen LogP contribution in [0.15, 0.2) is 317 Å². The van der Waals surface area contributed by atoms with Gasteiger partial charge >= 0.3 is 29.6 Å². The maximum absolute atomic E-state index is 11.9. The van der Waals surface area contributed by atoms with Crippen molar-refractivity contribution in [3.8, 4) is 0 Å². The van der Waals surface area contributed by atoms with Gasteiger partial charge in [-0.25, -0.2) is 25.3 Å². The largest absolute Gasteiger partial charge is 1.00 e. The van der Waals surface area contributed by atoms with Gasteiger partial charge in [-0.3, -0.25) is 9.45 Å². The van der Waals surface area contributed by atoms with Crippen molar-refractivity contribution in [2.24, 2.45) is 0 Å². The number of unbranched alkanes of at least 4 members (excludes halogenated alkanes) is 5. The Bertz CT molecular complexity index is 7200. The fourth-order valence-corrected chi connectivity index (χ4v) is 25.3. The smallest absolute Gasteiger partial charge is 0.876 e. The number of likely N-dealkylation sites (N-methyl/N-ethyl adjacent to an activating group) is 1. The van der Waals surface area contributed by atoms with E-state index in [2.05, 4.69) is 317 Å². The molecule has 25 heteroatoms. The minimum atomic E-state index is -4.56. The number of hydrogen-bond acceptors (Lipinski definition) is 15. The Balaban J connectivity index is 0.000000181. The zero-order chi connectivity index (χ0) is 103. The minimum Gasteiger partial charge on any atom is -0.876 e. The number of nitrogens with zero attached hydrogens (tertiary/aromatic N) is 5. The van der Waals surface area contributed by atoms with Crippen LogP contribution in [0.25, 0.3) is 21.5 Å². The Hall–Kier alpha value is -9.67. The van der Waals surface area contributed by atoms with Gasteiger partial charge in [-0.15, -0.1) is 12.3 Å². The summed E-state index contributed by atoms with van der Waals surface area (Å²) in [6.07, 6.45) is 48.1. The third kappa shape index (κ3) is 25.1. The van der Waals surface area contributed by atoms with Gasteiger partial charge in [-0.2, -0.15) is 17.6 Å². The van der Waals surface area contributed by atoms with E-state index in [-0.39, 0.29) is 102 Å². The Kier molecular flexibility index (Phi) is 35.6. The van der Waals surface area contributed by atoms with Gasteiger partial charge in [0.05, 0.1) is 53.7 Å². The number of hydrogen-bond donors (Lipinski definition) is 2. The summed E-state index contributed by atoms with van der Waals surface area (Å²) in [6, 6.07) is 53.9. The van der Waals surface area contributed by atoms with E-state index in [0.29, 0.717) is 51.7 Å². The predicted octanol–water partition coefficient (Wildman–Crippen LogP) is 20.8. The Morgan fingerprint density at radius 3 is 1.80 bits per heavy atom. The van der Waals surface area contributed by atoms with Crippen molar-refractivity contribution in [1.82, 2.24) is 0 Å². The fourth-order valence-electron chi connectivity index (χ4n) is 22.9. The number of halogens is 1. The van der Waals surface area contributed by atoms with E-state index in [1.165, 1.54) is 99.8 Å². The van der Waals surface area contributed by atoms with Gasteiger partial charge in [0.25, 0.3) is 10.1 Å². The molecule has 0 radical (unpaired) electrons. The second-order valence-corrected chi connectivity index (χ2v) is 48.9. The van der Waals surface area contributed by atoms with Gasteiger partial charge in [0.2, 0.25) is 11.4 Å². The quantitative estimate of drug-likeness (QED) is 0.00947. The molecule has 6 aliphatic heterocycles. The number of benzene rings is 8. The number of aryl methyl sites for hydroxylation is 1. The zero-order valence-corrected chi connectivity index (χ0v) is 92.8. The Labute approximate surface area is 884 Å². The summed E-state index contributed by atoms with van der Waals surface area (Å²) in [5.74, 6) is -1.02. The van der Waals surface area contributed by atoms with E-state index >= 15 is 0 Å². The summed E-state index contributed by atoms with van der Waals surface area (Å²) < 4.78 is 140. The van der Waals surface area contributed by atoms with E-state index in [9.17, 15) is 57.0 Å². The van der Waals surface area contributed by atoms with Crippen LogP contribution in [-0.4, -0.2) is 136 Å². The second kappa shape index (κ2) is 46.0. The maximum Gasteiger partial charge on any atom is 1.00 e. The normalized spacial score (nSPS) is 20.6. The molecule has 0 bridgehead atoms. The number of para-hydroxylation sites is 2. The summed E-state index contributed by atoms with van der Waals surface area (Å²) in [7, 11) is -14.9. The summed E-state index contributed by atoms with van der Waals surface area (Å²) in [5.41, 5.74) is 24.8. The molecule has 8 aromatic rings. The molecule has 0 amide bonds. The van der Waals surface area contributed by atoms with E-state index in [4.69, 9.17) is 11.6 Å². The van der Waals surface area contributed by atoms with Crippen LogP contribution in [0.1, 0.15) is 238 Å². The average Bonchev–Trinajstić information content (AvgIpc) is 1.56. The van der Waals surface area contributed by atoms with Crippen molar-refractivity contribution in [3.63, 3.8) is 0 Å². The summed E-state index contributed by atoms with van der Waals surface area (Å²) in [4.78, 5) is 8.16. The molecule has 8 aliphatic rings. The molecule has 2 N–H and O–H groups in total. The van der Waals surface area contributed by atoms with Crippen molar-refractivity contribution in [2.75, 3.05) is 71.7 Å². The van der Waals surface area contributed by atoms with Gasteiger partial charge in [0, 0.05) is 147 Å². The molecule has 0 aromatic heterocycles. The second-order valence-electron chi connectivity index (χ2n) is 42.6. The monoisotopic (exact) mass is 2050 g/mol. The molecule has 0 saturated heterocycles. The van der Waals surface area contributed by atoms with E-state index < -0.39 is 40.5 Å². The van der Waals surface area contributed by atoms with E-state index in [1.54, 1.807) is 6.07 Å². The summed E-state index contributed by atoms with van der Waals surface area (Å²) in [6.45, 7) is 38.2. The summed E-state index contributed by atoms with van der Waals surface area (Å²) >= 11 is 7.12. The standard InChI is InChI=1S/C43H48N2O6S2.C39H50N2O4S.C37H45ClN2O3S.Na/c1-42(2)38(44(28-14-16-30-52(46,47)48)36-26-24-32-18-10-12-20-34(32)40(36)42)22-8-6-5-7-9-23-39-43(3,4)41-35-21-13-11-19-33(35)25-27-37(41)45(39)29-15-17-31-53(49,50)51;1-27-15-19-34-32(24-27)38(3,4)36(40(34)7)21-16-29-13-11-14-30(25-29)17-22-37-39(5,6)33-26-31(46(43,44)45)18-20-35(33)41(37)23-10-8-9-12-28(2)42;1-6-7-24-39-31-18-10-8-16-29(31)36(2,3)33(39)22-20-27-14-12-15-28(35(27)38)21-23-34-37(4,5)30-17-9-11-19-32(30)40(34)25-13-26-44(41,42)43;/h5-13,18-27H,14-17,28-31H2,1-4H3,(H-,46,47,48,49,50,51);15-22,24-26,37,42H,2,8-14,23H2,1,3-7H3,(H,43,44,45);8-11,16-23H,6-7,12-15,24-26H2,1-5H3;/q;;;+1/p-1/b;22-17+,29-16+,36-21+;;. The Morgan fingerprint density at radius 1 is 0.507 bits per heavy atom. The van der Waals surface area contributed by atoms with Crippen molar-refractivity contribution >= 4 is 119 Å². The van der Waals surface area contributed by atoms with Gasteiger partial charge < -0.3 is 33.5 Å². The van der Waals surface area contributed by atoms with Crippen molar-refractivity contribution in [3.05, 3.63) is 351 Å². The molecular formula is C119H142ClN6NaO13S4. The SMILES string of the molecule is C=C([O-])CCCCC[NH+]1c2ccc(S(=O)(=O)[O-])cc2C(C)(C)C1/C=C/C1=CC(=C/C=C2/N(C)c3ccc(C)cc3C2(C)C)/CCC1.CC1(C)C(/C=C/C=C/C=C/C=C2\N(CCCCS(=O)(=O)[O-])c3ccc4ccccc4c3C2(C)C)=[N+](CCCCS(=O)(=O)O)c2ccc3ccccc3c21.CCCCN1/C(=C/C=C2\CCCC(/C=C/C3=[N+](CCCS(=O)(=O)[O-])c4ccccc4C3(C)C)=C2Cl)C(C)(C)c2ccccc21.[Na+]. The first-order valence-electron chi connectivity index (χ1n) is 50.6. The van der Waals surface area contributed by atoms with Crippen molar-refractivity contribution < 1.29 is 101 Å². The van der Waals surface area contributed by atoms with Crippen molar-refractivity contribution in [2.45, 2.75) is 250 Å². The van der Waals surface area contributed by atoms with E-state index in [1.807, 2.05) is 60.7 Å². The summed E-state index contributed by atoms with van der Waals surface area (Å²) in [5, 5.41) is 16.9. The molecule has 2 unspecified atom stereocenters. The number of quaternary nitrogens is 1. The molecular weight excluding hydrogens is 1910 g/mol. The molecule has 0 saturated carbocycles. The van der Waals surface area contributed by atoms with Gasteiger partial charge in [0.1, 0.15) is 34.9 Å². The van der Waals surface area contributed by atoms with Crippen LogP contribution in [0.2, 0.25) is 0 Å².